The van der Waals surface area contributed by atoms with Gasteiger partial charge in [0.05, 0.1) is 5.69 Å². The van der Waals surface area contributed by atoms with Crippen LogP contribution in [0, 0.1) is 0 Å². The van der Waals surface area contributed by atoms with Crippen LogP contribution in [0.15, 0.2) is 4.60 Å². The van der Waals surface area contributed by atoms with Crippen molar-refractivity contribution in [3.63, 3.8) is 0 Å². The quantitative estimate of drug-likeness (QED) is 0.821. The van der Waals surface area contributed by atoms with Crippen molar-refractivity contribution in [1.82, 2.24) is 9.55 Å². The Balaban J connectivity index is 2.49. The maximum atomic E-state index is 5.60. The van der Waals surface area contributed by atoms with Crippen molar-refractivity contribution in [2.24, 2.45) is 5.73 Å². The predicted octanol–water partition coefficient (Wildman–Crippen LogP) is 2.00. The molecule has 0 aromatic carbocycles. The van der Waals surface area contributed by atoms with Gasteiger partial charge in [-0.3, -0.25) is 0 Å². The number of nitrogens with two attached hydrogens (primary N) is 1. The molecular formula is C9H14BrN3. The third-order valence-corrected chi connectivity index (χ3v) is 3.49. The number of imidazole rings is 1. The number of aromatic nitrogens is 2. The van der Waals surface area contributed by atoms with Crippen LogP contribution < -0.4 is 5.73 Å². The van der Waals surface area contributed by atoms with Crippen molar-refractivity contribution in [3.05, 3.63) is 16.1 Å². The largest absolute Gasteiger partial charge is 0.325 e. The molecule has 0 bridgehead atoms. The minimum absolute atomic E-state index is 0.521. The second-order valence-electron chi connectivity index (χ2n) is 3.58. The van der Waals surface area contributed by atoms with E-state index in [1.165, 1.54) is 18.7 Å². The molecule has 3 nitrogen and oxygen atoms in total. The number of halogens is 1. The third kappa shape index (κ3) is 1.42. The van der Waals surface area contributed by atoms with Crippen molar-refractivity contribution in [3.8, 4) is 0 Å². The Kier molecular flexibility index (Phi) is 2.43. The average molecular weight is 244 g/mol. The van der Waals surface area contributed by atoms with E-state index in [0.29, 0.717) is 12.6 Å². The van der Waals surface area contributed by atoms with E-state index in [-0.39, 0.29) is 0 Å². The molecule has 1 aromatic heterocycles. The SMILES string of the molecule is CC1CCCc2nc(CN)c(Br)n21. The second-order valence-corrected chi connectivity index (χ2v) is 4.33. The van der Waals surface area contributed by atoms with Gasteiger partial charge in [-0.1, -0.05) is 0 Å². The van der Waals surface area contributed by atoms with Crippen molar-refractivity contribution in [1.29, 1.82) is 0 Å². The van der Waals surface area contributed by atoms with Gasteiger partial charge in [-0.25, -0.2) is 4.98 Å². The number of aryl methyl sites for hydroxylation is 1. The van der Waals surface area contributed by atoms with E-state index in [4.69, 9.17) is 5.73 Å². The zero-order chi connectivity index (χ0) is 9.42. The summed E-state index contributed by atoms with van der Waals surface area (Å²) in [6, 6.07) is 0.561. The number of fused-ring (bicyclic) bond motifs is 1. The monoisotopic (exact) mass is 243 g/mol. The molecule has 1 unspecified atom stereocenters. The number of nitrogens with zero attached hydrogens (tertiary/aromatic N) is 2. The average Bonchev–Trinajstić information content (AvgIpc) is 2.44. The van der Waals surface area contributed by atoms with Gasteiger partial charge in [0, 0.05) is 19.0 Å². The molecule has 1 aromatic rings. The zero-order valence-corrected chi connectivity index (χ0v) is 9.34. The summed E-state index contributed by atoms with van der Waals surface area (Å²) in [4.78, 5) is 4.51. The van der Waals surface area contributed by atoms with Gasteiger partial charge in [-0.2, -0.15) is 0 Å². The summed E-state index contributed by atoms with van der Waals surface area (Å²) in [5.74, 6) is 1.19. The Hall–Kier alpha value is -0.350. The van der Waals surface area contributed by atoms with Gasteiger partial charge in [0.1, 0.15) is 10.4 Å². The molecule has 13 heavy (non-hydrogen) atoms. The highest BCUT2D eigenvalue weighted by Gasteiger charge is 2.21. The highest BCUT2D eigenvalue weighted by Crippen LogP contribution is 2.30. The summed E-state index contributed by atoms with van der Waals surface area (Å²) in [5.41, 5.74) is 6.59. The fourth-order valence-electron chi connectivity index (χ4n) is 1.95. The summed E-state index contributed by atoms with van der Waals surface area (Å²) in [5, 5.41) is 0. The lowest BCUT2D eigenvalue weighted by Crippen LogP contribution is -2.15. The molecule has 0 radical (unpaired) electrons. The molecule has 0 saturated carbocycles. The molecule has 2 heterocycles. The van der Waals surface area contributed by atoms with Crippen LogP contribution in [0.25, 0.3) is 0 Å². The molecule has 4 heteroatoms. The summed E-state index contributed by atoms with van der Waals surface area (Å²) in [7, 11) is 0. The molecule has 2 N–H and O–H groups in total. The van der Waals surface area contributed by atoms with E-state index in [1.54, 1.807) is 0 Å². The summed E-state index contributed by atoms with van der Waals surface area (Å²) >= 11 is 3.56. The van der Waals surface area contributed by atoms with Gasteiger partial charge < -0.3 is 10.3 Å². The molecule has 0 aliphatic carbocycles. The van der Waals surface area contributed by atoms with E-state index in [1.807, 2.05) is 0 Å². The van der Waals surface area contributed by atoms with E-state index in [0.717, 1.165) is 16.7 Å². The fourth-order valence-corrected chi connectivity index (χ4v) is 2.75. The van der Waals surface area contributed by atoms with Gasteiger partial charge in [0.25, 0.3) is 0 Å². The first-order valence-electron chi connectivity index (χ1n) is 4.69. The van der Waals surface area contributed by atoms with Crippen LogP contribution >= 0.6 is 15.9 Å². The molecule has 72 valence electrons. The normalized spacial score (nSPS) is 21.6. The van der Waals surface area contributed by atoms with E-state index in [9.17, 15) is 0 Å². The lowest BCUT2D eigenvalue weighted by atomic mass is 10.1. The van der Waals surface area contributed by atoms with E-state index < -0.39 is 0 Å². The van der Waals surface area contributed by atoms with Crippen LogP contribution in [0.5, 0.6) is 0 Å². The van der Waals surface area contributed by atoms with E-state index >= 15 is 0 Å². The second kappa shape index (κ2) is 3.42. The lowest BCUT2D eigenvalue weighted by molar-refractivity contribution is 0.420. The Morgan fingerprint density at radius 1 is 1.69 bits per heavy atom. The lowest BCUT2D eigenvalue weighted by Gasteiger charge is -2.22. The first-order valence-corrected chi connectivity index (χ1v) is 5.49. The van der Waals surface area contributed by atoms with Gasteiger partial charge in [0.15, 0.2) is 0 Å². The molecule has 1 atom stereocenters. The van der Waals surface area contributed by atoms with Crippen molar-refractivity contribution in [2.75, 3.05) is 0 Å². The maximum Gasteiger partial charge on any atom is 0.110 e. The number of rotatable bonds is 1. The van der Waals surface area contributed by atoms with Crippen molar-refractivity contribution < 1.29 is 0 Å². The molecule has 1 aliphatic rings. The summed E-state index contributed by atoms with van der Waals surface area (Å²) in [6.45, 7) is 2.75. The first kappa shape index (κ1) is 9.21. The number of hydrogen-bond donors (Lipinski definition) is 1. The van der Waals surface area contributed by atoms with Crippen LogP contribution in [-0.4, -0.2) is 9.55 Å². The minimum atomic E-state index is 0.521. The van der Waals surface area contributed by atoms with Crippen LogP contribution in [0.3, 0.4) is 0 Å². The van der Waals surface area contributed by atoms with Gasteiger partial charge in [-0.15, -0.1) is 0 Å². The van der Waals surface area contributed by atoms with Gasteiger partial charge >= 0.3 is 0 Å². The van der Waals surface area contributed by atoms with E-state index in [2.05, 4.69) is 32.4 Å². The van der Waals surface area contributed by atoms with Crippen LogP contribution in [0.1, 0.15) is 37.3 Å². The fraction of sp³-hybridized carbons (Fsp3) is 0.667. The summed E-state index contributed by atoms with van der Waals surface area (Å²) < 4.78 is 3.35. The third-order valence-electron chi connectivity index (χ3n) is 2.65. The Morgan fingerprint density at radius 3 is 3.08 bits per heavy atom. The highest BCUT2D eigenvalue weighted by molar-refractivity contribution is 9.10. The molecule has 0 saturated heterocycles. The standard InChI is InChI=1S/C9H14BrN3/c1-6-3-2-4-8-12-7(5-11)9(10)13(6)8/h6H,2-5,11H2,1H3. The van der Waals surface area contributed by atoms with Gasteiger partial charge in [0.2, 0.25) is 0 Å². The first-order chi connectivity index (χ1) is 6.24. The van der Waals surface area contributed by atoms with Crippen LogP contribution in [0.4, 0.5) is 0 Å². The zero-order valence-electron chi connectivity index (χ0n) is 7.76. The Bertz CT molecular complexity index is 319. The predicted molar refractivity (Wildman–Crippen MR) is 55.5 cm³/mol. The molecule has 0 spiro atoms. The molecule has 0 amide bonds. The number of hydrogen-bond acceptors (Lipinski definition) is 2. The van der Waals surface area contributed by atoms with Gasteiger partial charge in [-0.05, 0) is 35.7 Å². The Labute approximate surface area is 86.5 Å². The van der Waals surface area contributed by atoms with Crippen molar-refractivity contribution in [2.45, 2.75) is 38.8 Å². The summed E-state index contributed by atoms with van der Waals surface area (Å²) in [6.07, 6.45) is 3.57. The molecule has 2 rings (SSSR count). The Morgan fingerprint density at radius 2 is 2.46 bits per heavy atom. The van der Waals surface area contributed by atoms with Crippen LogP contribution in [-0.2, 0) is 13.0 Å². The van der Waals surface area contributed by atoms with Crippen LogP contribution in [0.2, 0.25) is 0 Å². The molecule has 0 fully saturated rings. The van der Waals surface area contributed by atoms with Crippen molar-refractivity contribution >= 4 is 15.9 Å². The molecule has 1 aliphatic heterocycles. The topological polar surface area (TPSA) is 43.8 Å². The molecular weight excluding hydrogens is 230 g/mol. The maximum absolute atomic E-state index is 5.60. The highest BCUT2D eigenvalue weighted by atomic mass is 79.9. The smallest absolute Gasteiger partial charge is 0.110 e. The minimum Gasteiger partial charge on any atom is -0.325 e.